The largest absolute Gasteiger partial charge is 0.296 e. The molecule has 1 aromatic heterocycles. The molecule has 27 heavy (non-hydrogen) atoms. The quantitative estimate of drug-likeness (QED) is 0.639. The first-order chi connectivity index (χ1) is 12.9. The average Bonchev–Trinajstić information content (AvgIpc) is 3.12. The van der Waals surface area contributed by atoms with E-state index < -0.39 is 10.0 Å². The molecular weight excluding hydrogens is 384 g/mol. The van der Waals surface area contributed by atoms with Crippen molar-refractivity contribution in [1.29, 1.82) is 0 Å². The SMILES string of the molecule is CCN(c1cccc(C)c1)S(=O)(=O)c1nnc(NC(=O)c2ccccc2)s1. The zero-order valence-corrected chi connectivity index (χ0v) is 16.4. The summed E-state index contributed by atoms with van der Waals surface area (Å²) in [5.74, 6) is -0.373. The van der Waals surface area contributed by atoms with Crippen LogP contribution in [0.4, 0.5) is 10.8 Å². The molecule has 1 heterocycles. The highest BCUT2D eigenvalue weighted by Crippen LogP contribution is 2.28. The lowest BCUT2D eigenvalue weighted by molar-refractivity contribution is 0.102. The van der Waals surface area contributed by atoms with Gasteiger partial charge >= 0.3 is 0 Å². The molecule has 3 aromatic rings. The van der Waals surface area contributed by atoms with Crippen LogP contribution in [0.15, 0.2) is 58.9 Å². The Morgan fingerprint density at radius 1 is 1.11 bits per heavy atom. The van der Waals surface area contributed by atoms with Crippen molar-refractivity contribution in [2.75, 3.05) is 16.2 Å². The summed E-state index contributed by atoms with van der Waals surface area (Å²) in [6, 6.07) is 15.8. The topological polar surface area (TPSA) is 92.3 Å². The molecule has 0 fully saturated rings. The molecule has 2 aromatic carbocycles. The molecule has 0 radical (unpaired) electrons. The van der Waals surface area contributed by atoms with Crippen LogP contribution in [0.25, 0.3) is 0 Å². The van der Waals surface area contributed by atoms with Crippen molar-refractivity contribution < 1.29 is 13.2 Å². The van der Waals surface area contributed by atoms with Crippen LogP contribution in [0.2, 0.25) is 0 Å². The van der Waals surface area contributed by atoms with Gasteiger partial charge in [0.05, 0.1) is 5.69 Å². The van der Waals surface area contributed by atoms with Crippen molar-refractivity contribution in [2.24, 2.45) is 0 Å². The van der Waals surface area contributed by atoms with Crippen molar-refractivity contribution >= 4 is 38.1 Å². The Kier molecular flexibility index (Phi) is 5.52. The van der Waals surface area contributed by atoms with E-state index in [0.717, 1.165) is 16.9 Å². The maximum Gasteiger partial charge on any atom is 0.293 e. The van der Waals surface area contributed by atoms with E-state index in [1.807, 2.05) is 13.0 Å². The minimum atomic E-state index is -3.87. The van der Waals surface area contributed by atoms with Crippen LogP contribution in [0.3, 0.4) is 0 Å². The van der Waals surface area contributed by atoms with Crippen LogP contribution in [0, 0.1) is 6.92 Å². The number of nitrogens with one attached hydrogen (secondary N) is 1. The summed E-state index contributed by atoms with van der Waals surface area (Å²) in [7, 11) is -3.87. The lowest BCUT2D eigenvalue weighted by Crippen LogP contribution is -2.30. The van der Waals surface area contributed by atoms with E-state index in [1.54, 1.807) is 55.5 Å². The number of rotatable bonds is 6. The molecule has 0 atom stereocenters. The van der Waals surface area contributed by atoms with E-state index in [2.05, 4.69) is 15.5 Å². The van der Waals surface area contributed by atoms with Gasteiger partial charge in [-0.25, -0.2) is 0 Å². The minimum Gasteiger partial charge on any atom is -0.296 e. The van der Waals surface area contributed by atoms with Gasteiger partial charge in [-0.3, -0.25) is 14.4 Å². The van der Waals surface area contributed by atoms with Crippen molar-refractivity contribution in [3.8, 4) is 0 Å². The highest BCUT2D eigenvalue weighted by Gasteiger charge is 2.28. The third-order valence-electron chi connectivity index (χ3n) is 3.75. The minimum absolute atomic E-state index is 0.128. The molecule has 0 spiro atoms. The lowest BCUT2D eigenvalue weighted by atomic mass is 10.2. The molecule has 0 bridgehead atoms. The Morgan fingerprint density at radius 3 is 2.52 bits per heavy atom. The molecule has 0 unspecified atom stereocenters. The van der Waals surface area contributed by atoms with Crippen molar-refractivity contribution in [2.45, 2.75) is 18.2 Å². The second-order valence-corrected chi connectivity index (χ2v) is 8.72. The third kappa shape index (κ3) is 4.15. The summed E-state index contributed by atoms with van der Waals surface area (Å²) < 4.78 is 27.0. The van der Waals surface area contributed by atoms with Gasteiger partial charge in [-0.15, -0.1) is 10.2 Å². The maximum atomic E-state index is 13.0. The fourth-order valence-corrected chi connectivity index (χ4v) is 4.96. The molecule has 9 heteroatoms. The molecular formula is C18H18N4O3S2. The van der Waals surface area contributed by atoms with Crippen molar-refractivity contribution in [1.82, 2.24) is 10.2 Å². The van der Waals surface area contributed by atoms with Crippen LogP contribution < -0.4 is 9.62 Å². The second kappa shape index (κ2) is 7.85. The fourth-order valence-electron chi connectivity index (χ4n) is 2.49. The monoisotopic (exact) mass is 402 g/mol. The fraction of sp³-hybridized carbons (Fsp3) is 0.167. The van der Waals surface area contributed by atoms with E-state index in [9.17, 15) is 13.2 Å². The van der Waals surface area contributed by atoms with Crippen LogP contribution in [-0.4, -0.2) is 31.1 Å². The van der Waals surface area contributed by atoms with E-state index in [4.69, 9.17) is 0 Å². The average molecular weight is 403 g/mol. The van der Waals surface area contributed by atoms with Gasteiger partial charge in [0.1, 0.15) is 0 Å². The summed E-state index contributed by atoms with van der Waals surface area (Å²) in [6.45, 7) is 3.89. The van der Waals surface area contributed by atoms with Crippen LogP contribution in [-0.2, 0) is 10.0 Å². The van der Waals surface area contributed by atoms with E-state index in [1.165, 1.54) is 4.31 Å². The zero-order chi connectivity index (χ0) is 19.4. The molecule has 0 aliphatic rings. The standard InChI is InChI=1S/C18H18N4O3S2/c1-3-22(15-11-7-8-13(2)12-15)27(24,25)18-21-20-17(26-18)19-16(23)14-9-5-4-6-10-14/h4-12H,3H2,1-2H3,(H,19,20,23). The smallest absolute Gasteiger partial charge is 0.293 e. The van der Waals surface area contributed by atoms with Gasteiger partial charge in [-0.2, -0.15) is 8.42 Å². The Hall–Kier alpha value is -2.78. The normalized spacial score (nSPS) is 11.2. The Balaban J connectivity index is 1.84. The molecule has 1 amide bonds. The number of anilines is 2. The number of benzene rings is 2. The van der Waals surface area contributed by atoms with E-state index >= 15 is 0 Å². The van der Waals surface area contributed by atoms with Gasteiger partial charge in [0.25, 0.3) is 20.3 Å². The van der Waals surface area contributed by atoms with Crippen molar-refractivity contribution in [3.05, 3.63) is 65.7 Å². The molecule has 0 saturated heterocycles. The second-order valence-electron chi connectivity index (χ2n) is 5.70. The number of sulfonamides is 1. The number of carbonyl (C=O) groups is 1. The third-order valence-corrected chi connectivity index (χ3v) is 6.84. The molecule has 7 nitrogen and oxygen atoms in total. The highest BCUT2D eigenvalue weighted by atomic mass is 32.2. The summed E-state index contributed by atoms with van der Waals surface area (Å²) in [5, 5.41) is 10.3. The predicted octanol–water partition coefficient (Wildman–Crippen LogP) is 3.31. The lowest BCUT2D eigenvalue weighted by Gasteiger charge is -2.21. The van der Waals surface area contributed by atoms with Gasteiger partial charge in [0.15, 0.2) is 0 Å². The van der Waals surface area contributed by atoms with Gasteiger partial charge in [-0.05, 0) is 43.7 Å². The van der Waals surface area contributed by atoms with Crippen molar-refractivity contribution in [3.63, 3.8) is 0 Å². The summed E-state index contributed by atoms with van der Waals surface area (Å²) in [4.78, 5) is 12.2. The molecule has 0 aliphatic heterocycles. The summed E-state index contributed by atoms with van der Waals surface area (Å²) in [6.07, 6.45) is 0. The number of aryl methyl sites for hydroxylation is 1. The first-order valence-electron chi connectivity index (χ1n) is 8.21. The predicted molar refractivity (Wildman–Crippen MR) is 106 cm³/mol. The van der Waals surface area contributed by atoms with E-state index in [-0.39, 0.29) is 21.9 Å². The molecule has 140 valence electrons. The van der Waals surface area contributed by atoms with Gasteiger partial charge in [-0.1, -0.05) is 41.7 Å². The first-order valence-corrected chi connectivity index (χ1v) is 10.5. The molecule has 0 saturated carbocycles. The first kappa shape index (κ1) is 19.0. The van der Waals surface area contributed by atoms with Gasteiger partial charge in [0.2, 0.25) is 5.13 Å². The van der Waals surface area contributed by atoms with E-state index in [0.29, 0.717) is 11.3 Å². The summed E-state index contributed by atoms with van der Waals surface area (Å²) >= 11 is 0.822. The number of hydrogen-bond donors (Lipinski definition) is 1. The Bertz CT molecular complexity index is 1050. The highest BCUT2D eigenvalue weighted by molar-refractivity contribution is 7.94. The molecule has 1 N–H and O–H groups in total. The number of aromatic nitrogens is 2. The summed E-state index contributed by atoms with van der Waals surface area (Å²) in [5.41, 5.74) is 1.96. The number of hydrogen-bond acceptors (Lipinski definition) is 6. The van der Waals surface area contributed by atoms with Gasteiger partial charge < -0.3 is 0 Å². The van der Waals surface area contributed by atoms with Crippen LogP contribution in [0.1, 0.15) is 22.8 Å². The van der Waals surface area contributed by atoms with Gasteiger partial charge in [0, 0.05) is 12.1 Å². The molecule has 3 rings (SSSR count). The Labute approximate surface area is 161 Å². The Morgan fingerprint density at radius 2 is 1.85 bits per heavy atom. The zero-order valence-electron chi connectivity index (χ0n) is 14.8. The number of nitrogens with zero attached hydrogens (tertiary/aromatic N) is 3. The van der Waals surface area contributed by atoms with Crippen LogP contribution >= 0.6 is 11.3 Å². The number of amides is 1. The molecule has 0 aliphatic carbocycles. The maximum absolute atomic E-state index is 13.0. The van der Waals surface area contributed by atoms with Crippen LogP contribution in [0.5, 0.6) is 0 Å². The number of carbonyl (C=O) groups excluding carboxylic acids is 1.